The Balaban J connectivity index is 2.09. The molecular weight excluding hydrogens is 344 g/mol. The van der Waals surface area contributed by atoms with Crippen LogP contribution in [-0.2, 0) is 4.74 Å². The summed E-state index contributed by atoms with van der Waals surface area (Å²) in [5.74, 6) is -0.703. The summed E-state index contributed by atoms with van der Waals surface area (Å²) in [4.78, 5) is 24.4. The standard InChI is InChI=1S/C18H17BrO3/c1-11-4-5-15(10-12(11)2)17(20)13(3)22-18(21)14-6-8-16(19)9-7-14/h4-10,13H,1-3H3/t13-/m1/s1. The average Bonchev–Trinajstić information content (AvgIpc) is 2.49. The molecule has 0 spiro atoms. The Bertz CT molecular complexity index is 705. The minimum Gasteiger partial charge on any atom is -0.451 e. The number of carbonyl (C=O) groups excluding carboxylic acids is 2. The van der Waals surface area contributed by atoms with Gasteiger partial charge in [-0.1, -0.05) is 28.1 Å². The fraction of sp³-hybridized carbons (Fsp3) is 0.222. The van der Waals surface area contributed by atoms with Crippen LogP contribution in [0.15, 0.2) is 46.9 Å². The van der Waals surface area contributed by atoms with Crippen LogP contribution in [0.2, 0.25) is 0 Å². The summed E-state index contributed by atoms with van der Waals surface area (Å²) >= 11 is 3.31. The van der Waals surface area contributed by atoms with Crippen LogP contribution in [-0.4, -0.2) is 17.9 Å². The molecule has 2 aromatic carbocycles. The van der Waals surface area contributed by atoms with Gasteiger partial charge in [-0.25, -0.2) is 4.79 Å². The molecule has 0 N–H and O–H groups in total. The number of ketones is 1. The second kappa shape index (κ2) is 6.88. The van der Waals surface area contributed by atoms with Gasteiger partial charge in [0.05, 0.1) is 5.56 Å². The maximum atomic E-state index is 12.3. The number of rotatable bonds is 4. The Morgan fingerprint density at radius 3 is 2.14 bits per heavy atom. The highest BCUT2D eigenvalue weighted by atomic mass is 79.9. The van der Waals surface area contributed by atoms with Gasteiger partial charge in [-0.3, -0.25) is 4.79 Å². The quantitative estimate of drug-likeness (QED) is 0.595. The van der Waals surface area contributed by atoms with E-state index >= 15 is 0 Å². The Morgan fingerprint density at radius 1 is 0.955 bits per heavy atom. The molecule has 0 aromatic heterocycles. The third kappa shape index (κ3) is 3.83. The first-order valence-electron chi connectivity index (χ1n) is 6.96. The van der Waals surface area contributed by atoms with Crippen molar-refractivity contribution in [2.45, 2.75) is 26.9 Å². The molecule has 0 fully saturated rings. The topological polar surface area (TPSA) is 43.4 Å². The molecule has 0 heterocycles. The lowest BCUT2D eigenvalue weighted by Gasteiger charge is -2.13. The molecule has 0 aliphatic heterocycles. The number of halogens is 1. The Morgan fingerprint density at radius 2 is 1.55 bits per heavy atom. The summed E-state index contributed by atoms with van der Waals surface area (Å²) in [7, 11) is 0. The van der Waals surface area contributed by atoms with E-state index < -0.39 is 12.1 Å². The number of carbonyl (C=O) groups is 2. The van der Waals surface area contributed by atoms with E-state index in [1.807, 2.05) is 26.0 Å². The Kier molecular flexibility index (Phi) is 5.14. The number of ether oxygens (including phenoxy) is 1. The van der Waals surface area contributed by atoms with Crippen molar-refractivity contribution >= 4 is 27.7 Å². The van der Waals surface area contributed by atoms with Crippen molar-refractivity contribution in [2.75, 3.05) is 0 Å². The van der Waals surface area contributed by atoms with Crippen molar-refractivity contribution in [3.63, 3.8) is 0 Å². The van der Waals surface area contributed by atoms with Gasteiger partial charge < -0.3 is 4.74 Å². The van der Waals surface area contributed by atoms with Crippen LogP contribution >= 0.6 is 15.9 Å². The summed E-state index contributed by atoms with van der Waals surface area (Å²) < 4.78 is 6.14. The summed E-state index contributed by atoms with van der Waals surface area (Å²) in [6.45, 7) is 5.53. The van der Waals surface area contributed by atoms with Crippen LogP contribution in [0.3, 0.4) is 0 Å². The lowest BCUT2D eigenvalue weighted by Crippen LogP contribution is -2.24. The minimum atomic E-state index is -0.821. The van der Waals surface area contributed by atoms with Gasteiger partial charge in [0.2, 0.25) is 5.78 Å². The Hall–Kier alpha value is -1.94. The van der Waals surface area contributed by atoms with Crippen LogP contribution in [0.5, 0.6) is 0 Å². The highest BCUT2D eigenvalue weighted by Crippen LogP contribution is 2.15. The van der Waals surface area contributed by atoms with Crippen LogP contribution in [0.25, 0.3) is 0 Å². The molecule has 1 atom stereocenters. The number of aryl methyl sites for hydroxylation is 2. The molecule has 0 saturated carbocycles. The molecule has 0 aliphatic rings. The molecule has 114 valence electrons. The van der Waals surface area contributed by atoms with Gasteiger partial charge in [-0.15, -0.1) is 0 Å². The van der Waals surface area contributed by atoms with E-state index in [-0.39, 0.29) is 5.78 Å². The molecule has 2 aromatic rings. The van der Waals surface area contributed by atoms with Gasteiger partial charge in [0.25, 0.3) is 0 Å². The highest BCUT2D eigenvalue weighted by Gasteiger charge is 2.20. The van der Waals surface area contributed by atoms with Gasteiger partial charge in [0.15, 0.2) is 6.10 Å². The first-order valence-corrected chi connectivity index (χ1v) is 7.76. The summed E-state index contributed by atoms with van der Waals surface area (Å²) in [5, 5.41) is 0. The first-order chi connectivity index (χ1) is 10.4. The monoisotopic (exact) mass is 360 g/mol. The molecule has 2 rings (SSSR count). The molecule has 0 bridgehead atoms. The SMILES string of the molecule is Cc1ccc(C(=O)[C@@H](C)OC(=O)c2ccc(Br)cc2)cc1C. The van der Waals surface area contributed by atoms with Crippen molar-refractivity contribution in [3.05, 3.63) is 69.2 Å². The highest BCUT2D eigenvalue weighted by molar-refractivity contribution is 9.10. The van der Waals surface area contributed by atoms with Crippen molar-refractivity contribution in [3.8, 4) is 0 Å². The predicted octanol–water partition coefficient (Wildman–Crippen LogP) is 4.49. The van der Waals surface area contributed by atoms with E-state index in [0.717, 1.165) is 15.6 Å². The summed E-state index contributed by atoms with van der Waals surface area (Å²) in [5.41, 5.74) is 3.13. The van der Waals surface area contributed by atoms with E-state index in [2.05, 4.69) is 15.9 Å². The fourth-order valence-corrected chi connectivity index (χ4v) is 2.26. The molecule has 0 amide bonds. The van der Waals surface area contributed by atoms with Crippen LogP contribution in [0.1, 0.15) is 38.8 Å². The maximum absolute atomic E-state index is 12.3. The van der Waals surface area contributed by atoms with Crippen molar-refractivity contribution in [1.82, 2.24) is 0 Å². The van der Waals surface area contributed by atoms with Crippen molar-refractivity contribution in [1.29, 1.82) is 0 Å². The zero-order chi connectivity index (χ0) is 16.3. The van der Waals surface area contributed by atoms with Gasteiger partial charge in [0.1, 0.15) is 0 Å². The minimum absolute atomic E-state index is 0.200. The van der Waals surface area contributed by atoms with E-state index in [4.69, 9.17) is 4.74 Å². The van der Waals surface area contributed by atoms with Crippen LogP contribution in [0, 0.1) is 13.8 Å². The van der Waals surface area contributed by atoms with Gasteiger partial charge in [-0.2, -0.15) is 0 Å². The zero-order valence-corrected chi connectivity index (χ0v) is 14.3. The normalized spacial score (nSPS) is 11.8. The van der Waals surface area contributed by atoms with Crippen LogP contribution in [0.4, 0.5) is 0 Å². The molecule has 0 unspecified atom stereocenters. The zero-order valence-electron chi connectivity index (χ0n) is 12.7. The summed E-state index contributed by atoms with van der Waals surface area (Å²) in [6.07, 6.45) is -0.821. The second-order valence-electron chi connectivity index (χ2n) is 5.22. The van der Waals surface area contributed by atoms with Crippen molar-refractivity contribution in [2.24, 2.45) is 0 Å². The fourth-order valence-electron chi connectivity index (χ4n) is 2.00. The number of hydrogen-bond acceptors (Lipinski definition) is 3. The summed E-state index contributed by atoms with van der Waals surface area (Å²) in [6, 6.07) is 12.3. The molecular formula is C18H17BrO3. The van der Waals surface area contributed by atoms with Gasteiger partial charge >= 0.3 is 5.97 Å². The molecule has 0 aliphatic carbocycles. The lowest BCUT2D eigenvalue weighted by atomic mass is 10.0. The van der Waals surface area contributed by atoms with E-state index in [0.29, 0.717) is 11.1 Å². The third-order valence-electron chi connectivity index (χ3n) is 3.52. The van der Waals surface area contributed by atoms with E-state index in [1.165, 1.54) is 0 Å². The Labute approximate surface area is 138 Å². The number of benzene rings is 2. The third-order valence-corrected chi connectivity index (χ3v) is 4.05. The second-order valence-corrected chi connectivity index (χ2v) is 6.13. The van der Waals surface area contributed by atoms with E-state index in [1.54, 1.807) is 37.3 Å². The molecule has 4 heteroatoms. The number of Topliss-reactive ketones (excluding diaryl/α,β-unsaturated/α-hetero) is 1. The molecule has 0 radical (unpaired) electrons. The lowest BCUT2D eigenvalue weighted by molar-refractivity contribution is 0.0319. The maximum Gasteiger partial charge on any atom is 0.338 e. The van der Waals surface area contributed by atoms with Crippen molar-refractivity contribution < 1.29 is 14.3 Å². The van der Waals surface area contributed by atoms with Crippen LogP contribution < -0.4 is 0 Å². The van der Waals surface area contributed by atoms with Gasteiger partial charge in [-0.05, 0) is 62.2 Å². The smallest absolute Gasteiger partial charge is 0.338 e. The number of hydrogen-bond donors (Lipinski definition) is 0. The van der Waals surface area contributed by atoms with E-state index in [9.17, 15) is 9.59 Å². The molecule has 0 saturated heterocycles. The largest absolute Gasteiger partial charge is 0.451 e. The number of esters is 1. The predicted molar refractivity (Wildman–Crippen MR) is 89.3 cm³/mol. The molecule has 3 nitrogen and oxygen atoms in total. The van der Waals surface area contributed by atoms with Gasteiger partial charge in [0, 0.05) is 10.0 Å². The molecule has 22 heavy (non-hydrogen) atoms. The first kappa shape index (κ1) is 16.4. The average molecular weight is 361 g/mol.